The topological polar surface area (TPSA) is 130 Å². The molecule has 1 aliphatic rings. The normalized spacial score (nSPS) is 15.2. The van der Waals surface area contributed by atoms with Gasteiger partial charge in [-0.1, -0.05) is 50.6 Å². The Morgan fingerprint density at radius 3 is 2.32 bits per heavy atom. The molecule has 1 fully saturated rings. The number of carbonyl (C=O) groups is 3. The van der Waals surface area contributed by atoms with E-state index in [1.807, 2.05) is 6.92 Å². The number of aliphatic carboxylic acids is 2. The molecule has 1 aliphatic heterocycles. The predicted molar refractivity (Wildman–Crippen MR) is 140 cm³/mol. The average Bonchev–Trinajstić information content (AvgIpc) is 3.31. The third kappa shape index (κ3) is 10.2. The van der Waals surface area contributed by atoms with E-state index >= 15 is 0 Å². The molecule has 0 aliphatic carbocycles. The van der Waals surface area contributed by atoms with E-state index in [1.54, 1.807) is 6.07 Å². The lowest BCUT2D eigenvalue weighted by Crippen LogP contribution is -2.46. The minimum atomic E-state index is -1.26. The fraction of sp³-hybridized carbons (Fsp3) is 0.571. The number of nitrogens with zero attached hydrogens (tertiary/aromatic N) is 2. The summed E-state index contributed by atoms with van der Waals surface area (Å²) in [7, 11) is 0. The number of carbonyl (C=O) groups excluding carboxylic acids is 1. The second kappa shape index (κ2) is 16.5. The van der Waals surface area contributed by atoms with E-state index in [0.717, 1.165) is 49.9 Å². The number of fused-ring (bicyclic) bond motifs is 1. The number of esters is 1. The number of likely N-dealkylation sites (tertiary alicyclic amines) is 1. The molecular weight excluding hydrogens is 495 g/mol. The number of benzene rings is 1. The molecule has 3 rings (SSSR count). The summed E-state index contributed by atoms with van der Waals surface area (Å²) < 4.78 is 24.1. The first-order valence-corrected chi connectivity index (χ1v) is 13.4. The molecule has 2 N–H and O–H groups in total. The largest absolute Gasteiger partial charge is 0.478 e. The molecule has 9 nitrogen and oxygen atoms in total. The van der Waals surface area contributed by atoms with Crippen LogP contribution in [0.4, 0.5) is 4.39 Å². The number of hydrogen-bond acceptors (Lipinski definition) is 7. The molecule has 0 amide bonds. The lowest BCUT2D eigenvalue weighted by atomic mass is 9.90. The number of unbranched alkanes of at least 4 members (excludes halogenated alkanes) is 5. The summed E-state index contributed by atoms with van der Waals surface area (Å²) in [6, 6.07) is 4.44. The Bertz CT molecular complexity index is 1040. The molecule has 210 valence electrons. The summed E-state index contributed by atoms with van der Waals surface area (Å²) in [4.78, 5) is 34.0. The van der Waals surface area contributed by atoms with E-state index < -0.39 is 11.9 Å². The molecule has 38 heavy (non-hydrogen) atoms. The summed E-state index contributed by atoms with van der Waals surface area (Å²) >= 11 is 0. The number of hydrogen-bond donors (Lipinski definition) is 2. The van der Waals surface area contributed by atoms with Gasteiger partial charge in [0.15, 0.2) is 5.58 Å². The fourth-order valence-electron chi connectivity index (χ4n) is 4.66. The van der Waals surface area contributed by atoms with Gasteiger partial charge in [-0.25, -0.2) is 14.0 Å². The van der Waals surface area contributed by atoms with Crippen molar-refractivity contribution in [3.8, 4) is 0 Å². The fourth-order valence-corrected chi connectivity index (χ4v) is 4.66. The Morgan fingerprint density at radius 1 is 1.08 bits per heavy atom. The Kier molecular flexibility index (Phi) is 13.5. The maximum atomic E-state index is 13.4. The third-order valence-corrected chi connectivity index (χ3v) is 6.58. The van der Waals surface area contributed by atoms with Gasteiger partial charge >= 0.3 is 17.9 Å². The molecule has 0 spiro atoms. The van der Waals surface area contributed by atoms with Crippen molar-refractivity contribution < 1.29 is 38.2 Å². The highest BCUT2D eigenvalue weighted by Crippen LogP contribution is 2.33. The van der Waals surface area contributed by atoms with E-state index in [9.17, 15) is 18.8 Å². The first-order valence-electron chi connectivity index (χ1n) is 13.4. The van der Waals surface area contributed by atoms with Crippen molar-refractivity contribution in [2.75, 3.05) is 19.7 Å². The molecule has 0 bridgehead atoms. The summed E-state index contributed by atoms with van der Waals surface area (Å²) in [6.07, 6.45) is 11.1. The van der Waals surface area contributed by atoms with Crippen LogP contribution in [-0.4, -0.2) is 63.9 Å². The lowest BCUT2D eigenvalue weighted by Gasteiger charge is -2.36. The first-order chi connectivity index (χ1) is 18.3. The Hall–Kier alpha value is -3.27. The highest BCUT2D eigenvalue weighted by atomic mass is 19.1. The Morgan fingerprint density at radius 2 is 1.71 bits per heavy atom. The van der Waals surface area contributed by atoms with Crippen molar-refractivity contribution in [3.05, 3.63) is 41.9 Å². The molecule has 10 heteroatoms. The van der Waals surface area contributed by atoms with Gasteiger partial charge in [0.05, 0.1) is 12.3 Å². The first kappa shape index (κ1) is 31.0. The lowest BCUT2D eigenvalue weighted by molar-refractivity contribution is -0.150. The van der Waals surface area contributed by atoms with Crippen LogP contribution in [0, 0.1) is 5.82 Å². The van der Waals surface area contributed by atoms with Gasteiger partial charge in [-0.2, -0.15) is 0 Å². The standard InChI is InChI=1S/C24H35FN2O3.C4H4O4/c1-3-5-6-7-8-9-10-21(24(28)29-4-2)27-15-13-18(14-16-27)23-20-12-11-19(25)17-22(20)30-26-23;5-3(6)1-2-4(7)8/h11-12,17-18,21H,3-10,13-16H2,1-2H3;1-2H,(H,5,6)(H,7,8)/b;2-1+. The predicted octanol–water partition coefficient (Wildman–Crippen LogP) is 5.54. The number of halogens is 1. The highest BCUT2D eigenvalue weighted by Gasteiger charge is 2.32. The van der Waals surface area contributed by atoms with Gasteiger partial charge < -0.3 is 19.5 Å². The third-order valence-electron chi connectivity index (χ3n) is 6.58. The Balaban J connectivity index is 0.000000550. The van der Waals surface area contributed by atoms with E-state index in [4.69, 9.17) is 19.5 Å². The summed E-state index contributed by atoms with van der Waals surface area (Å²) in [5.74, 6) is -2.65. The molecule has 1 aromatic heterocycles. The average molecular weight is 535 g/mol. The van der Waals surface area contributed by atoms with Gasteiger partial charge in [-0.15, -0.1) is 0 Å². The van der Waals surface area contributed by atoms with E-state index in [1.165, 1.54) is 44.2 Å². The van der Waals surface area contributed by atoms with Crippen LogP contribution in [0.2, 0.25) is 0 Å². The number of ether oxygens (including phenoxy) is 1. The van der Waals surface area contributed by atoms with Crippen LogP contribution in [0.15, 0.2) is 34.9 Å². The second-order valence-electron chi connectivity index (χ2n) is 9.35. The minimum Gasteiger partial charge on any atom is -0.478 e. The number of carboxylic acid groups (broad SMARTS) is 2. The highest BCUT2D eigenvalue weighted by molar-refractivity contribution is 5.89. The van der Waals surface area contributed by atoms with Crippen LogP contribution in [-0.2, 0) is 19.1 Å². The number of aromatic nitrogens is 1. The van der Waals surface area contributed by atoms with Crippen molar-refractivity contribution in [2.24, 2.45) is 0 Å². The summed E-state index contributed by atoms with van der Waals surface area (Å²) in [5, 5.41) is 20.7. The molecule has 2 aromatic rings. The van der Waals surface area contributed by atoms with Gasteiger partial charge in [0.2, 0.25) is 0 Å². The van der Waals surface area contributed by atoms with Crippen LogP contribution < -0.4 is 0 Å². The number of carboxylic acids is 2. The molecule has 2 heterocycles. The SMILES string of the molecule is CCCCCCCCC(C(=O)OCC)N1CCC(c2noc3cc(F)ccc23)CC1.O=C(O)/C=C/C(=O)O. The monoisotopic (exact) mass is 534 g/mol. The van der Waals surface area contributed by atoms with Crippen LogP contribution in [0.3, 0.4) is 0 Å². The zero-order valence-electron chi connectivity index (χ0n) is 22.2. The molecule has 1 aromatic carbocycles. The molecule has 1 atom stereocenters. The van der Waals surface area contributed by atoms with Crippen molar-refractivity contribution in [1.82, 2.24) is 10.1 Å². The van der Waals surface area contributed by atoms with E-state index in [2.05, 4.69) is 17.0 Å². The van der Waals surface area contributed by atoms with Gasteiger partial charge in [0, 0.05) is 29.5 Å². The molecule has 1 saturated heterocycles. The molecule has 1 unspecified atom stereocenters. The van der Waals surface area contributed by atoms with Gasteiger partial charge in [0.1, 0.15) is 11.9 Å². The zero-order chi connectivity index (χ0) is 27.9. The van der Waals surface area contributed by atoms with Crippen LogP contribution in [0.5, 0.6) is 0 Å². The van der Waals surface area contributed by atoms with Gasteiger partial charge in [-0.3, -0.25) is 9.69 Å². The maximum absolute atomic E-state index is 13.4. The van der Waals surface area contributed by atoms with Crippen molar-refractivity contribution in [2.45, 2.75) is 83.6 Å². The summed E-state index contributed by atoms with van der Waals surface area (Å²) in [5.41, 5.74) is 1.41. The van der Waals surface area contributed by atoms with Crippen LogP contribution in [0.25, 0.3) is 11.0 Å². The van der Waals surface area contributed by atoms with Crippen molar-refractivity contribution >= 4 is 28.9 Å². The van der Waals surface area contributed by atoms with Crippen molar-refractivity contribution in [3.63, 3.8) is 0 Å². The smallest absolute Gasteiger partial charge is 0.328 e. The van der Waals surface area contributed by atoms with E-state index in [-0.39, 0.29) is 23.7 Å². The zero-order valence-corrected chi connectivity index (χ0v) is 22.2. The second-order valence-corrected chi connectivity index (χ2v) is 9.35. The van der Waals surface area contributed by atoms with Crippen LogP contribution >= 0.6 is 0 Å². The van der Waals surface area contributed by atoms with Gasteiger partial charge in [-0.05, 0) is 51.4 Å². The number of piperidine rings is 1. The quantitative estimate of drug-likeness (QED) is 0.193. The molecule has 0 radical (unpaired) electrons. The van der Waals surface area contributed by atoms with E-state index in [0.29, 0.717) is 24.3 Å². The molecule has 0 saturated carbocycles. The minimum absolute atomic E-state index is 0.0909. The molecular formula is C28H39FN2O7. The van der Waals surface area contributed by atoms with Crippen molar-refractivity contribution in [1.29, 1.82) is 0 Å². The van der Waals surface area contributed by atoms with Gasteiger partial charge in [0.25, 0.3) is 0 Å². The number of rotatable bonds is 13. The Labute approximate surface area is 222 Å². The maximum Gasteiger partial charge on any atom is 0.328 e. The summed E-state index contributed by atoms with van der Waals surface area (Å²) in [6.45, 7) is 6.17. The van der Waals surface area contributed by atoms with Crippen LogP contribution in [0.1, 0.15) is 83.2 Å².